The smallest absolute Gasteiger partial charge is 0.422 e. The van der Waals surface area contributed by atoms with Crippen molar-refractivity contribution in [2.75, 3.05) is 0 Å². The van der Waals surface area contributed by atoms with Gasteiger partial charge < -0.3 is 5.11 Å². The van der Waals surface area contributed by atoms with Crippen molar-refractivity contribution in [1.29, 1.82) is 0 Å². The maximum atomic E-state index is 14.4. The Morgan fingerprint density at radius 3 is 1.55 bits per heavy atom. The largest absolute Gasteiger partial charge is 0.493 e. The summed E-state index contributed by atoms with van der Waals surface area (Å²) in [4.78, 5) is 12.9. The molecule has 0 saturated carbocycles. The number of carbonyl (C=O) groups excluding carboxylic acids is 1. The summed E-state index contributed by atoms with van der Waals surface area (Å²) < 4.78 is 175. The molecule has 0 saturated heterocycles. The maximum absolute atomic E-state index is 14.4. The summed E-state index contributed by atoms with van der Waals surface area (Å²) in [6, 6.07) is 0.482. The van der Waals surface area contributed by atoms with Crippen LogP contribution in [-0.4, -0.2) is 20.7 Å². The van der Waals surface area contributed by atoms with E-state index >= 15 is 0 Å². The molecule has 1 N–H and O–H groups in total. The summed E-state index contributed by atoms with van der Waals surface area (Å²) in [7, 11) is 0. The second-order valence-electron chi connectivity index (χ2n) is 7.23. The van der Waals surface area contributed by atoms with Gasteiger partial charge in [0.25, 0.3) is 0 Å². The van der Waals surface area contributed by atoms with Gasteiger partial charge in [-0.05, 0) is 19.1 Å². The van der Waals surface area contributed by atoms with Gasteiger partial charge in [-0.1, -0.05) is 6.07 Å². The fourth-order valence-corrected chi connectivity index (χ4v) is 3.39. The molecule has 4 nitrogen and oxygen atoms in total. The zero-order valence-corrected chi connectivity index (χ0v) is 18.6. The van der Waals surface area contributed by atoms with Gasteiger partial charge in [-0.3, -0.25) is 4.79 Å². The molecule has 0 amide bonds. The number of rotatable bonds is 3. The Morgan fingerprint density at radius 2 is 1.18 bits per heavy atom. The van der Waals surface area contributed by atoms with Crippen molar-refractivity contribution in [2.24, 2.45) is 0 Å². The van der Waals surface area contributed by atoms with Crippen LogP contribution >= 0.6 is 0 Å². The van der Waals surface area contributed by atoms with Crippen LogP contribution in [0.5, 0.6) is 5.88 Å². The van der Waals surface area contributed by atoms with Crippen LogP contribution in [0, 0.1) is 30.2 Å². The van der Waals surface area contributed by atoms with E-state index in [0.29, 0.717) is 13.0 Å². The van der Waals surface area contributed by atoms with E-state index < -0.39 is 97.3 Å². The zero-order chi connectivity index (χ0) is 28.4. The summed E-state index contributed by atoms with van der Waals surface area (Å²) in [5.41, 5.74) is -14.1. The van der Waals surface area contributed by atoms with Gasteiger partial charge >= 0.3 is 18.5 Å². The number of aromatic hydroxyl groups is 1. The summed E-state index contributed by atoms with van der Waals surface area (Å²) in [6.07, 6.45) is -17.1. The quantitative estimate of drug-likeness (QED) is 0.154. The fourth-order valence-electron chi connectivity index (χ4n) is 3.39. The number of hydrogen-bond donors (Lipinski definition) is 1. The predicted octanol–water partition coefficient (Wildman–Crippen LogP) is 6.73. The van der Waals surface area contributed by atoms with E-state index in [9.17, 15) is 67.0 Å². The van der Waals surface area contributed by atoms with E-state index in [1.54, 1.807) is 0 Å². The minimum atomic E-state index is -5.95. The average molecular weight is 618 g/mol. The summed E-state index contributed by atoms with van der Waals surface area (Å²) in [5, 5.41) is 13.4. The Balaban J connectivity index is 0.00000507. The first-order chi connectivity index (χ1) is 16.7. The second kappa shape index (κ2) is 9.80. The first-order valence-corrected chi connectivity index (χ1v) is 9.25. The number of carbonyl (C=O) groups is 1. The van der Waals surface area contributed by atoms with E-state index in [1.165, 1.54) is 0 Å². The third-order valence-electron chi connectivity index (χ3n) is 4.90. The topological polar surface area (TPSA) is 55.1 Å². The van der Waals surface area contributed by atoms with Crippen molar-refractivity contribution in [3.63, 3.8) is 0 Å². The molecular weight excluding hydrogens is 611 g/mol. The van der Waals surface area contributed by atoms with Crippen LogP contribution < -0.4 is 0 Å². The normalized spacial score (nSPS) is 12.5. The second-order valence-corrected chi connectivity index (χ2v) is 7.23. The molecule has 1 heterocycles. The minimum Gasteiger partial charge on any atom is -0.493 e. The van der Waals surface area contributed by atoms with E-state index in [2.05, 4.69) is 5.10 Å². The number of nitrogens with zero attached hydrogens (tertiary/aromatic N) is 2. The molecule has 3 aromatic rings. The molecule has 0 unspecified atom stereocenters. The number of aromatic nitrogens is 2. The van der Waals surface area contributed by atoms with E-state index in [-0.39, 0.29) is 29.2 Å². The Morgan fingerprint density at radius 1 is 0.763 bits per heavy atom. The molecule has 211 valence electrons. The van der Waals surface area contributed by atoms with Gasteiger partial charge in [0.2, 0.25) is 11.7 Å². The first-order valence-electron chi connectivity index (χ1n) is 9.25. The Labute approximate surface area is 212 Å². The van der Waals surface area contributed by atoms with Crippen molar-refractivity contribution in [3.05, 3.63) is 75.0 Å². The van der Waals surface area contributed by atoms with Gasteiger partial charge in [0.15, 0.2) is 23.3 Å². The molecule has 0 atom stereocenters. The molecule has 2 aromatic carbocycles. The molecule has 0 fully saturated rings. The minimum absolute atomic E-state index is 0. The number of halogens is 13. The summed E-state index contributed by atoms with van der Waals surface area (Å²) >= 11 is 0. The van der Waals surface area contributed by atoms with Crippen molar-refractivity contribution in [2.45, 2.75) is 25.5 Å². The molecule has 0 spiro atoms. The summed E-state index contributed by atoms with van der Waals surface area (Å²) in [5.74, 6) is -15.8. The zero-order valence-electron chi connectivity index (χ0n) is 17.7. The Hall–Kier alpha value is -3.27. The van der Waals surface area contributed by atoms with Gasteiger partial charge in [0.05, 0.1) is 16.8 Å². The molecule has 0 bridgehead atoms. The van der Waals surface area contributed by atoms with Crippen LogP contribution in [0.1, 0.15) is 38.3 Å². The number of benzene rings is 2. The number of aryl methyl sites for hydroxylation is 1. The molecule has 18 heteroatoms. The third-order valence-corrected chi connectivity index (χ3v) is 4.90. The van der Waals surface area contributed by atoms with Gasteiger partial charge in [0, 0.05) is 22.6 Å². The Bertz CT molecular complexity index is 1360. The van der Waals surface area contributed by atoms with Crippen molar-refractivity contribution < 1.29 is 84.0 Å². The van der Waals surface area contributed by atoms with Gasteiger partial charge in [-0.15, -0.1) is 0 Å². The van der Waals surface area contributed by atoms with Gasteiger partial charge in [-0.2, -0.15) is 49.3 Å². The molecule has 1 radical (unpaired) electrons. The molecule has 0 aliphatic heterocycles. The molecular formula is C20H7CuF13N2O2. The Kier molecular flexibility index (Phi) is 7.98. The predicted molar refractivity (Wildman–Crippen MR) is 94.7 cm³/mol. The first kappa shape index (κ1) is 31.0. The van der Waals surface area contributed by atoms with E-state index in [1.807, 2.05) is 0 Å². The van der Waals surface area contributed by atoms with Crippen LogP contribution in [0.15, 0.2) is 18.2 Å². The van der Waals surface area contributed by atoms with Crippen molar-refractivity contribution in [3.8, 4) is 11.6 Å². The summed E-state index contributed by atoms with van der Waals surface area (Å²) in [6.45, 7) is 0.638. The van der Waals surface area contributed by atoms with Crippen LogP contribution in [0.2, 0.25) is 0 Å². The molecule has 3 rings (SSSR count). The number of alkyl halides is 9. The van der Waals surface area contributed by atoms with E-state index in [0.717, 1.165) is 0 Å². The van der Waals surface area contributed by atoms with Crippen LogP contribution in [0.3, 0.4) is 0 Å². The van der Waals surface area contributed by atoms with Crippen LogP contribution in [-0.2, 0) is 35.6 Å². The van der Waals surface area contributed by atoms with Crippen LogP contribution in [0.4, 0.5) is 57.1 Å². The van der Waals surface area contributed by atoms with Crippen molar-refractivity contribution >= 4 is 5.78 Å². The van der Waals surface area contributed by atoms with Crippen LogP contribution in [0.25, 0.3) is 5.69 Å². The standard InChI is InChI=1S/C20H7F13N2O2.Cu/c1-5-8(16(36)9-6(18(25,26)27)3-2-4-7(9)19(28,29)30)17(37)35(34-5)15-13(23)11(21)10(20(31,32)33)12(22)14(15)24;/h2-4,37H,1H3;. The third kappa shape index (κ3) is 5.06. The monoisotopic (exact) mass is 617 g/mol. The SMILES string of the molecule is Cc1nn(-c2c(F)c(F)c(C(F)(F)F)c(F)c2F)c(O)c1C(=O)c1c(C(F)(F)F)cccc1C(F)(F)F.[Cu]. The molecule has 1 aromatic heterocycles. The maximum Gasteiger partial charge on any atom is 0.422 e. The average Bonchev–Trinajstić information content (AvgIpc) is 3.03. The van der Waals surface area contributed by atoms with E-state index in [4.69, 9.17) is 0 Å². The molecule has 0 aliphatic carbocycles. The van der Waals surface area contributed by atoms with Gasteiger partial charge in [-0.25, -0.2) is 17.6 Å². The molecule has 0 aliphatic rings. The molecule has 38 heavy (non-hydrogen) atoms. The van der Waals surface area contributed by atoms with Crippen molar-refractivity contribution in [1.82, 2.24) is 9.78 Å². The fraction of sp³-hybridized carbons (Fsp3) is 0.200. The number of ketones is 1. The number of hydrogen-bond acceptors (Lipinski definition) is 3. The van der Waals surface area contributed by atoms with Gasteiger partial charge in [0.1, 0.15) is 16.8 Å².